The van der Waals surface area contributed by atoms with Crippen LogP contribution in [0.25, 0.3) is 11.8 Å². The first-order valence-electron chi connectivity index (χ1n) is 12.7. The van der Waals surface area contributed by atoms with Gasteiger partial charge in [0.25, 0.3) is 0 Å². The van der Waals surface area contributed by atoms with E-state index in [-0.39, 0.29) is 23.2 Å². The lowest BCUT2D eigenvalue weighted by atomic mass is 9.45. The Morgan fingerprint density at radius 1 is 1.19 bits per heavy atom. The molecule has 4 aliphatic rings. The summed E-state index contributed by atoms with van der Waals surface area (Å²) >= 11 is 0. The van der Waals surface area contributed by atoms with E-state index >= 15 is 0 Å². The van der Waals surface area contributed by atoms with Gasteiger partial charge in [-0.15, -0.1) is 0 Å². The van der Waals surface area contributed by atoms with Crippen LogP contribution in [0, 0.1) is 40.2 Å². The first-order valence-corrected chi connectivity index (χ1v) is 12.7. The molecule has 7 atom stereocenters. The van der Waals surface area contributed by atoms with E-state index in [0.717, 1.165) is 36.6 Å². The minimum atomic E-state index is -1.59. The summed E-state index contributed by atoms with van der Waals surface area (Å²) in [5.74, 6) is -1.68. The van der Waals surface area contributed by atoms with Gasteiger partial charge in [0.1, 0.15) is 11.6 Å². The van der Waals surface area contributed by atoms with Gasteiger partial charge in [0.05, 0.1) is 30.8 Å². The average molecular weight is 499 g/mol. The predicted molar refractivity (Wildman–Crippen MR) is 128 cm³/mol. The number of ether oxygens (including phenoxy) is 1. The van der Waals surface area contributed by atoms with Crippen LogP contribution >= 0.6 is 0 Å². The number of hydrogen-bond acceptors (Lipinski definition) is 5. The summed E-state index contributed by atoms with van der Waals surface area (Å²) in [5.41, 5.74) is 0.694. The number of benzene rings is 1. The van der Waals surface area contributed by atoms with Crippen molar-refractivity contribution in [1.29, 1.82) is 0 Å². The fourth-order valence-electron chi connectivity index (χ4n) is 8.56. The number of esters is 1. The number of carbonyl (C=O) groups excluding carboxylic acids is 1. The van der Waals surface area contributed by atoms with Crippen LogP contribution in [-0.2, 0) is 16.0 Å². The highest BCUT2D eigenvalue weighted by Gasteiger charge is 2.69. The third-order valence-electron chi connectivity index (χ3n) is 10.2. The van der Waals surface area contributed by atoms with Gasteiger partial charge in [0, 0.05) is 11.5 Å². The molecule has 0 unspecified atom stereocenters. The number of aliphatic hydroxyl groups excluding tert-OH is 1. The minimum Gasteiger partial charge on any atom is -0.467 e. The number of hydrogen-bond donors (Lipinski definition) is 2. The Hall–Kier alpha value is -2.58. The first kappa shape index (κ1) is 23.8. The lowest BCUT2D eigenvalue weighted by Gasteiger charge is -2.60. The number of nitrogens with zero attached hydrogens (tertiary/aromatic N) is 2. The molecule has 0 radical (unpaired) electrons. The van der Waals surface area contributed by atoms with E-state index in [2.05, 4.69) is 18.1 Å². The van der Waals surface area contributed by atoms with Crippen LogP contribution in [-0.4, -0.2) is 44.8 Å². The van der Waals surface area contributed by atoms with Crippen molar-refractivity contribution in [2.45, 2.75) is 64.1 Å². The van der Waals surface area contributed by atoms with Gasteiger partial charge in [0.15, 0.2) is 5.60 Å². The Kier molecular flexibility index (Phi) is 5.10. The number of aromatic nitrogens is 2. The number of aliphatic hydroxyl groups is 2. The zero-order valence-corrected chi connectivity index (χ0v) is 20.8. The van der Waals surface area contributed by atoms with Gasteiger partial charge in [-0.2, -0.15) is 5.10 Å². The largest absolute Gasteiger partial charge is 0.467 e. The zero-order valence-electron chi connectivity index (χ0n) is 20.8. The molecule has 6 nitrogen and oxygen atoms in total. The van der Waals surface area contributed by atoms with Crippen LogP contribution in [0.15, 0.2) is 30.0 Å². The van der Waals surface area contributed by atoms with Gasteiger partial charge >= 0.3 is 5.97 Å². The molecule has 4 aliphatic carbocycles. The van der Waals surface area contributed by atoms with Crippen molar-refractivity contribution < 1.29 is 28.5 Å². The molecule has 8 heteroatoms. The van der Waals surface area contributed by atoms with Crippen LogP contribution in [0.1, 0.15) is 57.2 Å². The molecular weight excluding hydrogens is 466 g/mol. The normalized spacial score (nSPS) is 38.9. The Labute approximate surface area is 209 Å². The van der Waals surface area contributed by atoms with E-state index in [1.54, 1.807) is 10.9 Å². The van der Waals surface area contributed by atoms with Crippen molar-refractivity contribution in [2.75, 3.05) is 7.11 Å². The predicted octanol–water partition coefficient (Wildman–Crippen LogP) is 4.21. The van der Waals surface area contributed by atoms with Crippen molar-refractivity contribution in [3.63, 3.8) is 0 Å². The molecule has 1 heterocycles. The maximum absolute atomic E-state index is 13.9. The number of rotatable bonds is 2. The van der Waals surface area contributed by atoms with E-state index in [4.69, 9.17) is 4.74 Å². The number of fused-ring (bicyclic) bond motifs is 6. The monoisotopic (exact) mass is 498 g/mol. The Morgan fingerprint density at radius 3 is 2.61 bits per heavy atom. The summed E-state index contributed by atoms with van der Waals surface area (Å²) in [5, 5.41) is 27.5. The maximum Gasteiger partial charge on any atom is 0.338 e. The lowest BCUT2D eigenvalue weighted by Crippen LogP contribution is -2.62. The molecule has 6 rings (SSSR count). The molecule has 3 fully saturated rings. The van der Waals surface area contributed by atoms with Crippen molar-refractivity contribution in [1.82, 2.24) is 9.78 Å². The van der Waals surface area contributed by atoms with Gasteiger partial charge in [-0.25, -0.2) is 18.3 Å². The van der Waals surface area contributed by atoms with Crippen LogP contribution in [0.2, 0.25) is 0 Å². The molecule has 2 aromatic rings. The van der Waals surface area contributed by atoms with Gasteiger partial charge < -0.3 is 14.9 Å². The maximum atomic E-state index is 13.9. The van der Waals surface area contributed by atoms with Gasteiger partial charge in [-0.1, -0.05) is 19.4 Å². The van der Waals surface area contributed by atoms with Gasteiger partial charge in [0.2, 0.25) is 0 Å². The Morgan fingerprint density at radius 2 is 1.92 bits per heavy atom. The van der Waals surface area contributed by atoms with Crippen LogP contribution in [0.5, 0.6) is 0 Å². The molecule has 0 amide bonds. The lowest BCUT2D eigenvalue weighted by molar-refractivity contribution is -0.196. The zero-order chi connectivity index (χ0) is 25.6. The standard InChI is InChI=1S/C28H32F2N2O4/c1-26-12-15-14-31-32(19-10-17(29)9-18(30)11-19)22(15)8-16(26)4-5-20-21-6-7-28(35,25(34)36-3)27(21,2)13-23(33)24(20)26/h8-11,14,20-21,23-24,33,35H,4-7,12-13H2,1-3H3/t20-,21-,23-,24+,26-,27-,28-/m0/s1. The van der Waals surface area contributed by atoms with Crippen LogP contribution in [0.3, 0.4) is 0 Å². The molecule has 1 aromatic carbocycles. The number of halogens is 2. The van der Waals surface area contributed by atoms with Crippen molar-refractivity contribution >= 4 is 12.0 Å². The smallest absolute Gasteiger partial charge is 0.338 e. The second-order valence-electron chi connectivity index (χ2n) is 11.8. The molecule has 1 aromatic heterocycles. The number of allylic oxidation sites excluding steroid dienone is 1. The summed E-state index contributed by atoms with van der Waals surface area (Å²) in [6.07, 6.45) is 6.88. The van der Waals surface area contributed by atoms with Crippen LogP contribution in [0.4, 0.5) is 8.78 Å². The Balaban J connectivity index is 1.37. The van der Waals surface area contributed by atoms with E-state index in [9.17, 15) is 23.8 Å². The van der Waals surface area contributed by atoms with Crippen molar-refractivity contribution in [3.8, 4) is 5.69 Å². The molecular formula is C28H32F2N2O4. The summed E-state index contributed by atoms with van der Waals surface area (Å²) in [6, 6.07) is 3.39. The fourth-order valence-corrected chi connectivity index (χ4v) is 8.56. The summed E-state index contributed by atoms with van der Waals surface area (Å²) < 4.78 is 34.4. The molecule has 2 N–H and O–H groups in total. The molecule has 192 valence electrons. The second kappa shape index (κ2) is 7.71. The van der Waals surface area contributed by atoms with Crippen molar-refractivity contribution in [2.24, 2.45) is 28.6 Å². The minimum absolute atomic E-state index is 0.0290. The van der Waals surface area contributed by atoms with E-state index < -0.39 is 34.7 Å². The number of carbonyl (C=O) groups is 1. The van der Waals surface area contributed by atoms with Crippen molar-refractivity contribution in [3.05, 3.63) is 52.9 Å². The highest BCUT2D eigenvalue weighted by atomic mass is 19.1. The second-order valence-corrected chi connectivity index (χ2v) is 11.8. The summed E-state index contributed by atoms with van der Waals surface area (Å²) in [4.78, 5) is 12.6. The highest BCUT2D eigenvalue weighted by molar-refractivity contribution is 5.81. The summed E-state index contributed by atoms with van der Waals surface area (Å²) in [6.45, 7) is 4.14. The Bertz CT molecular complexity index is 1270. The first-order chi connectivity index (χ1) is 17.0. The molecule has 3 saturated carbocycles. The SMILES string of the molecule is COC(=O)[C@@]1(O)CC[C@H]2[C@@H]3CCC4=Cc5c(cnn5-c5cc(F)cc(F)c5)C[C@]4(C)[C@H]3[C@@H](O)C[C@@]21C. The topological polar surface area (TPSA) is 84.6 Å². The fraction of sp³-hybridized carbons (Fsp3) is 0.571. The van der Waals surface area contributed by atoms with E-state index in [1.807, 2.05) is 6.92 Å². The third-order valence-corrected chi connectivity index (χ3v) is 10.2. The molecule has 0 bridgehead atoms. The summed E-state index contributed by atoms with van der Waals surface area (Å²) in [7, 11) is 1.30. The average Bonchev–Trinajstić information content (AvgIpc) is 3.33. The van der Waals surface area contributed by atoms with Crippen LogP contribution < -0.4 is 0 Å². The highest BCUT2D eigenvalue weighted by Crippen LogP contribution is 2.67. The van der Waals surface area contributed by atoms with E-state index in [1.165, 1.54) is 24.8 Å². The molecule has 36 heavy (non-hydrogen) atoms. The number of methoxy groups -OCH3 is 1. The molecule has 0 spiro atoms. The molecule has 0 aliphatic heterocycles. The molecule has 0 saturated heterocycles. The van der Waals surface area contributed by atoms with Gasteiger partial charge in [-0.05, 0) is 85.5 Å². The third kappa shape index (κ3) is 3.00. The van der Waals surface area contributed by atoms with E-state index in [0.29, 0.717) is 24.9 Å². The van der Waals surface area contributed by atoms with Gasteiger partial charge in [-0.3, -0.25) is 0 Å². The quantitative estimate of drug-likeness (QED) is 0.606.